The van der Waals surface area contributed by atoms with Gasteiger partial charge in [-0.1, -0.05) is 12.1 Å². The molecule has 2 aromatic heterocycles. The predicted molar refractivity (Wildman–Crippen MR) is 114 cm³/mol. The van der Waals surface area contributed by atoms with Gasteiger partial charge < -0.3 is 15.0 Å². The number of carbonyl (C=O) groups is 1. The average Bonchev–Trinajstić information content (AvgIpc) is 3.31. The minimum atomic E-state index is -0.349. The Hall–Kier alpha value is -3.73. The Balaban J connectivity index is 1.55. The number of methoxy groups -OCH3 is 1. The topological polar surface area (TPSA) is 133 Å². The van der Waals surface area contributed by atoms with E-state index in [-0.39, 0.29) is 24.0 Å². The number of halogens is 1. The average molecular weight is 470 g/mol. The van der Waals surface area contributed by atoms with E-state index in [0.717, 1.165) is 15.6 Å². The second kappa shape index (κ2) is 8.33. The zero-order valence-corrected chi connectivity index (χ0v) is 17.3. The Kier molecular flexibility index (Phi) is 5.44. The summed E-state index contributed by atoms with van der Waals surface area (Å²) in [6.45, 7) is -0.0498. The largest absolute Gasteiger partial charge is 0.496 e. The second-order valence-electron chi connectivity index (χ2n) is 6.20. The van der Waals surface area contributed by atoms with E-state index < -0.39 is 0 Å². The van der Waals surface area contributed by atoms with Crippen LogP contribution in [-0.4, -0.2) is 39.1 Å². The van der Waals surface area contributed by atoms with Crippen LogP contribution in [0, 0.1) is 0 Å². The first-order valence-electron chi connectivity index (χ1n) is 8.76. The van der Waals surface area contributed by atoms with Crippen LogP contribution >= 0.6 is 15.9 Å². The van der Waals surface area contributed by atoms with E-state index in [4.69, 9.17) is 10.5 Å². The molecular formula is C19H16BrN7O3. The first kappa shape index (κ1) is 19.6. The van der Waals surface area contributed by atoms with Crippen molar-refractivity contribution in [2.45, 2.75) is 6.54 Å². The van der Waals surface area contributed by atoms with Gasteiger partial charge in [-0.25, -0.2) is 15.0 Å². The highest BCUT2D eigenvalue weighted by Crippen LogP contribution is 2.26. The normalized spacial score (nSPS) is 11.3. The van der Waals surface area contributed by atoms with Crippen molar-refractivity contribution >= 4 is 44.9 Å². The van der Waals surface area contributed by atoms with Gasteiger partial charge in [-0.2, -0.15) is 5.10 Å². The number of benzene rings is 2. The number of hydrogen-bond donors (Lipinski definition) is 2. The van der Waals surface area contributed by atoms with E-state index in [2.05, 4.69) is 46.4 Å². The monoisotopic (exact) mass is 469 g/mol. The molecule has 0 aliphatic heterocycles. The maximum atomic E-state index is 12.5. The Labute approximate surface area is 178 Å². The number of anilines is 1. The van der Waals surface area contributed by atoms with Crippen molar-refractivity contribution in [3.63, 3.8) is 0 Å². The Morgan fingerprint density at radius 2 is 2.17 bits per heavy atom. The number of amides is 1. The SMILES string of the molecule is COc1ccc(/C=N/NC(=O)Cn2c(-c3nonc3N)nc3ccccc32)cc1Br. The number of rotatable bonds is 6. The van der Waals surface area contributed by atoms with E-state index in [1.165, 1.54) is 6.21 Å². The smallest absolute Gasteiger partial charge is 0.260 e. The highest BCUT2D eigenvalue weighted by molar-refractivity contribution is 9.10. The van der Waals surface area contributed by atoms with Gasteiger partial charge in [0.2, 0.25) is 0 Å². The van der Waals surface area contributed by atoms with Crippen LogP contribution in [0.4, 0.5) is 5.82 Å². The number of nitrogens with one attached hydrogen (secondary N) is 1. The first-order chi connectivity index (χ1) is 14.6. The molecule has 0 atom stereocenters. The van der Waals surface area contributed by atoms with Crippen molar-refractivity contribution in [2.75, 3.05) is 12.8 Å². The molecule has 2 heterocycles. The maximum absolute atomic E-state index is 12.5. The molecule has 0 saturated heterocycles. The molecule has 0 radical (unpaired) electrons. The standard InChI is InChI=1S/C19H16BrN7O3/c1-29-15-7-6-11(8-12(15)20)9-22-24-16(28)10-27-14-5-3-2-4-13(14)23-19(27)17-18(21)26-30-25-17/h2-9H,10H2,1H3,(H2,21,26)(H,24,28)/b22-9+. The van der Waals surface area contributed by atoms with E-state index in [1.54, 1.807) is 17.7 Å². The third-order valence-corrected chi connectivity index (χ3v) is 4.88. The van der Waals surface area contributed by atoms with Gasteiger partial charge in [0.15, 0.2) is 17.3 Å². The minimum Gasteiger partial charge on any atom is -0.496 e. The molecule has 2 aromatic carbocycles. The van der Waals surface area contributed by atoms with E-state index in [1.807, 2.05) is 36.4 Å². The van der Waals surface area contributed by atoms with Crippen molar-refractivity contribution in [3.8, 4) is 17.3 Å². The number of imidazole rings is 1. The molecule has 4 rings (SSSR count). The molecule has 30 heavy (non-hydrogen) atoms. The number of nitrogens with zero attached hydrogens (tertiary/aromatic N) is 5. The van der Waals surface area contributed by atoms with Gasteiger partial charge >= 0.3 is 0 Å². The van der Waals surface area contributed by atoms with Crippen LogP contribution in [0.1, 0.15) is 5.56 Å². The Morgan fingerprint density at radius 1 is 1.33 bits per heavy atom. The Morgan fingerprint density at radius 3 is 2.90 bits per heavy atom. The number of nitrogens with two attached hydrogens (primary N) is 1. The van der Waals surface area contributed by atoms with Crippen molar-refractivity contribution in [3.05, 3.63) is 52.5 Å². The number of nitrogen functional groups attached to an aromatic ring is 1. The summed E-state index contributed by atoms with van der Waals surface area (Å²) in [5.41, 5.74) is 10.8. The first-order valence-corrected chi connectivity index (χ1v) is 9.55. The third kappa shape index (κ3) is 3.87. The number of ether oxygens (including phenoxy) is 1. The zero-order valence-electron chi connectivity index (χ0n) is 15.7. The summed E-state index contributed by atoms with van der Waals surface area (Å²) in [5, 5.41) is 11.4. The van der Waals surface area contributed by atoms with Crippen molar-refractivity contribution < 1.29 is 14.2 Å². The fourth-order valence-corrected chi connectivity index (χ4v) is 3.45. The number of para-hydroxylation sites is 2. The summed E-state index contributed by atoms with van der Waals surface area (Å²) in [6.07, 6.45) is 1.54. The minimum absolute atomic E-state index is 0.0498. The maximum Gasteiger partial charge on any atom is 0.260 e. The fourth-order valence-electron chi connectivity index (χ4n) is 2.89. The van der Waals surface area contributed by atoms with E-state index in [0.29, 0.717) is 17.1 Å². The quantitative estimate of drug-likeness (QED) is 0.327. The lowest BCUT2D eigenvalue weighted by Crippen LogP contribution is -2.23. The lowest BCUT2D eigenvalue weighted by atomic mass is 10.2. The molecule has 11 heteroatoms. The second-order valence-corrected chi connectivity index (χ2v) is 7.05. The molecule has 152 valence electrons. The molecule has 0 aliphatic rings. The molecule has 0 fully saturated rings. The van der Waals surface area contributed by atoms with Gasteiger partial charge in [0, 0.05) is 0 Å². The summed E-state index contributed by atoms with van der Waals surface area (Å²) < 4.78 is 12.3. The highest BCUT2D eigenvalue weighted by Gasteiger charge is 2.20. The fraction of sp³-hybridized carbons (Fsp3) is 0.105. The molecule has 10 nitrogen and oxygen atoms in total. The molecular weight excluding hydrogens is 454 g/mol. The van der Waals surface area contributed by atoms with Crippen LogP contribution in [0.3, 0.4) is 0 Å². The van der Waals surface area contributed by atoms with Gasteiger partial charge in [0.05, 0.1) is 28.8 Å². The van der Waals surface area contributed by atoms with Crippen molar-refractivity contribution in [2.24, 2.45) is 5.10 Å². The summed E-state index contributed by atoms with van der Waals surface area (Å²) >= 11 is 3.41. The van der Waals surface area contributed by atoms with Crippen LogP contribution < -0.4 is 15.9 Å². The van der Waals surface area contributed by atoms with Gasteiger partial charge in [-0.3, -0.25) is 4.79 Å². The van der Waals surface area contributed by atoms with Crippen LogP contribution in [0.5, 0.6) is 5.75 Å². The molecule has 1 amide bonds. The van der Waals surface area contributed by atoms with Gasteiger partial charge in [-0.15, -0.1) is 0 Å². The molecule has 3 N–H and O–H groups in total. The number of fused-ring (bicyclic) bond motifs is 1. The highest BCUT2D eigenvalue weighted by atomic mass is 79.9. The van der Waals surface area contributed by atoms with Gasteiger partial charge in [-0.05, 0) is 62.1 Å². The number of aromatic nitrogens is 4. The van der Waals surface area contributed by atoms with E-state index in [9.17, 15) is 4.79 Å². The summed E-state index contributed by atoms with van der Waals surface area (Å²) in [4.78, 5) is 17.0. The lowest BCUT2D eigenvalue weighted by molar-refractivity contribution is -0.121. The predicted octanol–water partition coefficient (Wildman–Crippen LogP) is 2.59. The summed E-state index contributed by atoms with van der Waals surface area (Å²) in [7, 11) is 1.59. The van der Waals surface area contributed by atoms with Crippen LogP contribution in [-0.2, 0) is 11.3 Å². The van der Waals surface area contributed by atoms with E-state index >= 15 is 0 Å². The zero-order chi connectivity index (χ0) is 21.1. The van der Waals surface area contributed by atoms with Crippen molar-refractivity contribution in [1.82, 2.24) is 25.3 Å². The van der Waals surface area contributed by atoms with Crippen LogP contribution in [0.15, 0.2) is 56.7 Å². The van der Waals surface area contributed by atoms with Crippen LogP contribution in [0.2, 0.25) is 0 Å². The Bertz CT molecular complexity index is 1250. The molecule has 0 spiro atoms. The van der Waals surface area contributed by atoms with Gasteiger partial charge in [0.25, 0.3) is 5.91 Å². The molecule has 4 aromatic rings. The molecule has 0 unspecified atom stereocenters. The number of hydrazone groups is 1. The molecule has 0 bridgehead atoms. The lowest BCUT2D eigenvalue weighted by Gasteiger charge is -2.07. The number of hydrogen-bond acceptors (Lipinski definition) is 8. The van der Waals surface area contributed by atoms with Crippen molar-refractivity contribution in [1.29, 1.82) is 0 Å². The molecule has 0 saturated carbocycles. The van der Waals surface area contributed by atoms with Crippen LogP contribution in [0.25, 0.3) is 22.6 Å². The summed E-state index contributed by atoms with van der Waals surface area (Å²) in [5.74, 6) is 0.832. The number of carbonyl (C=O) groups excluding carboxylic acids is 1. The van der Waals surface area contributed by atoms with Gasteiger partial charge in [0.1, 0.15) is 12.3 Å². The third-order valence-electron chi connectivity index (χ3n) is 4.26. The molecule has 0 aliphatic carbocycles. The summed E-state index contributed by atoms with van der Waals surface area (Å²) in [6, 6.07) is 12.8.